The van der Waals surface area contributed by atoms with Gasteiger partial charge in [0.25, 0.3) is 5.91 Å². The van der Waals surface area contributed by atoms with E-state index in [0.717, 1.165) is 12.8 Å². The number of nitrogens with zero attached hydrogens (tertiary/aromatic N) is 1. The summed E-state index contributed by atoms with van der Waals surface area (Å²) < 4.78 is 5.23. The van der Waals surface area contributed by atoms with Crippen molar-refractivity contribution >= 4 is 5.91 Å². The van der Waals surface area contributed by atoms with E-state index in [9.17, 15) is 9.90 Å². The van der Waals surface area contributed by atoms with E-state index in [-0.39, 0.29) is 12.0 Å². The van der Waals surface area contributed by atoms with Crippen molar-refractivity contribution in [1.82, 2.24) is 4.90 Å². The van der Waals surface area contributed by atoms with Crippen molar-refractivity contribution in [3.05, 3.63) is 29.8 Å². The summed E-state index contributed by atoms with van der Waals surface area (Å²) >= 11 is 0. The molecule has 1 aliphatic rings. The van der Waals surface area contributed by atoms with Crippen LogP contribution < -0.4 is 4.74 Å². The molecule has 4 nitrogen and oxygen atoms in total. The molecule has 1 N–H and O–H groups in total. The van der Waals surface area contributed by atoms with Crippen LogP contribution in [0.5, 0.6) is 5.75 Å². The van der Waals surface area contributed by atoms with Gasteiger partial charge in [-0.1, -0.05) is 12.1 Å². The van der Waals surface area contributed by atoms with Crippen molar-refractivity contribution in [3.8, 4) is 5.75 Å². The summed E-state index contributed by atoms with van der Waals surface area (Å²) in [6, 6.07) is 7.30. The second-order valence-corrected chi connectivity index (χ2v) is 5.07. The molecule has 1 fully saturated rings. The Labute approximate surface area is 114 Å². The number of ether oxygens (including phenoxy) is 1. The highest BCUT2D eigenvalue weighted by molar-refractivity contribution is 5.97. The molecule has 1 aliphatic heterocycles. The van der Waals surface area contributed by atoms with Crippen molar-refractivity contribution in [2.24, 2.45) is 5.92 Å². The van der Waals surface area contributed by atoms with E-state index in [0.29, 0.717) is 30.3 Å². The Morgan fingerprint density at radius 2 is 2.00 bits per heavy atom. The van der Waals surface area contributed by atoms with E-state index in [1.54, 1.807) is 19.2 Å². The van der Waals surface area contributed by atoms with Crippen LogP contribution in [0.15, 0.2) is 24.3 Å². The Morgan fingerprint density at radius 3 is 2.58 bits per heavy atom. The van der Waals surface area contributed by atoms with Gasteiger partial charge >= 0.3 is 0 Å². The zero-order valence-electron chi connectivity index (χ0n) is 11.5. The molecule has 1 unspecified atom stereocenters. The third-order valence-corrected chi connectivity index (χ3v) is 3.85. The molecule has 0 saturated carbocycles. The van der Waals surface area contributed by atoms with Crippen LogP contribution in [0.1, 0.15) is 30.1 Å². The summed E-state index contributed by atoms with van der Waals surface area (Å²) in [5, 5.41) is 9.58. The van der Waals surface area contributed by atoms with Crippen LogP contribution in [0.4, 0.5) is 0 Å². The van der Waals surface area contributed by atoms with Gasteiger partial charge in [0.1, 0.15) is 5.75 Å². The van der Waals surface area contributed by atoms with E-state index in [2.05, 4.69) is 0 Å². The van der Waals surface area contributed by atoms with Crippen LogP contribution in [-0.2, 0) is 0 Å². The number of methoxy groups -OCH3 is 1. The lowest BCUT2D eigenvalue weighted by Crippen LogP contribution is -2.40. The minimum absolute atomic E-state index is 0.0153. The second-order valence-electron chi connectivity index (χ2n) is 5.07. The largest absolute Gasteiger partial charge is 0.496 e. The van der Waals surface area contributed by atoms with Gasteiger partial charge in [-0.25, -0.2) is 0 Å². The molecular weight excluding hydrogens is 242 g/mol. The number of hydrogen-bond donors (Lipinski definition) is 1. The van der Waals surface area contributed by atoms with E-state index in [1.807, 2.05) is 24.0 Å². The first-order chi connectivity index (χ1) is 9.13. The first-order valence-corrected chi connectivity index (χ1v) is 6.74. The third-order valence-electron chi connectivity index (χ3n) is 3.85. The van der Waals surface area contributed by atoms with E-state index in [4.69, 9.17) is 4.74 Å². The number of carbonyl (C=O) groups excluding carboxylic acids is 1. The molecule has 0 bridgehead atoms. The molecule has 2 rings (SSSR count). The minimum atomic E-state index is -0.288. The first-order valence-electron chi connectivity index (χ1n) is 6.74. The predicted octanol–water partition coefficient (Wildman–Crippen LogP) is 1.93. The predicted molar refractivity (Wildman–Crippen MR) is 73.3 cm³/mol. The smallest absolute Gasteiger partial charge is 0.257 e. The van der Waals surface area contributed by atoms with Crippen molar-refractivity contribution < 1.29 is 14.6 Å². The molecule has 0 spiro atoms. The van der Waals surface area contributed by atoms with Crippen LogP contribution >= 0.6 is 0 Å². The highest BCUT2D eigenvalue weighted by Crippen LogP contribution is 2.24. The van der Waals surface area contributed by atoms with Crippen LogP contribution in [0.2, 0.25) is 0 Å². The molecule has 19 heavy (non-hydrogen) atoms. The van der Waals surface area contributed by atoms with Crippen molar-refractivity contribution in [2.45, 2.75) is 25.9 Å². The number of likely N-dealkylation sites (tertiary alicyclic amines) is 1. The number of carbonyl (C=O) groups is 1. The van der Waals surface area contributed by atoms with Gasteiger partial charge in [0.05, 0.1) is 18.8 Å². The van der Waals surface area contributed by atoms with E-state index in [1.165, 1.54) is 0 Å². The quantitative estimate of drug-likeness (QED) is 0.906. The fraction of sp³-hybridized carbons (Fsp3) is 0.533. The lowest BCUT2D eigenvalue weighted by molar-refractivity contribution is 0.0519. The standard InChI is InChI=1S/C15H21NO3/c1-11(17)12-7-9-16(10-8-12)15(18)13-5-3-4-6-14(13)19-2/h3-6,11-12,17H,7-10H2,1-2H3. The highest BCUT2D eigenvalue weighted by atomic mass is 16.5. The average molecular weight is 263 g/mol. The Balaban J connectivity index is 2.05. The molecule has 0 aliphatic carbocycles. The Morgan fingerprint density at radius 1 is 1.37 bits per heavy atom. The molecule has 104 valence electrons. The van der Waals surface area contributed by atoms with Gasteiger partial charge < -0.3 is 14.7 Å². The van der Waals surface area contributed by atoms with Crippen LogP contribution in [0.3, 0.4) is 0 Å². The molecule has 1 saturated heterocycles. The maximum Gasteiger partial charge on any atom is 0.257 e. The first kappa shape index (κ1) is 13.9. The molecule has 0 radical (unpaired) electrons. The topological polar surface area (TPSA) is 49.8 Å². The fourth-order valence-electron chi connectivity index (χ4n) is 2.58. The lowest BCUT2D eigenvalue weighted by atomic mass is 9.92. The van der Waals surface area contributed by atoms with Crippen LogP contribution in [-0.4, -0.2) is 42.2 Å². The summed E-state index contributed by atoms with van der Waals surface area (Å²) in [7, 11) is 1.58. The number of amides is 1. The number of rotatable bonds is 3. The van der Waals surface area contributed by atoms with Gasteiger partial charge in [-0.15, -0.1) is 0 Å². The van der Waals surface area contributed by atoms with Crippen molar-refractivity contribution in [2.75, 3.05) is 20.2 Å². The summed E-state index contributed by atoms with van der Waals surface area (Å²) in [4.78, 5) is 14.3. The molecule has 1 heterocycles. The zero-order chi connectivity index (χ0) is 13.8. The number of hydrogen-bond acceptors (Lipinski definition) is 3. The van der Waals surface area contributed by atoms with E-state index >= 15 is 0 Å². The van der Waals surface area contributed by atoms with E-state index < -0.39 is 0 Å². The molecule has 1 amide bonds. The van der Waals surface area contributed by atoms with Gasteiger partial charge in [0.15, 0.2) is 0 Å². The van der Waals surface area contributed by atoms with Gasteiger partial charge in [0.2, 0.25) is 0 Å². The van der Waals surface area contributed by atoms with Gasteiger partial charge in [-0.05, 0) is 37.8 Å². The maximum atomic E-state index is 12.4. The summed E-state index contributed by atoms with van der Waals surface area (Å²) in [5.41, 5.74) is 0.612. The fourth-order valence-corrected chi connectivity index (χ4v) is 2.58. The van der Waals surface area contributed by atoms with Gasteiger partial charge in [0, 0.05) is 13.1 Å². The summed E-state index contributed by atoms with van der Waals surface area (Å²) in [6.07, 6.45) is 1.43. The number of benzene rings is 1. The molecule has 1 aromatic rings. The lowest BCUT2D eigenvalue weighted by Gasteiger charge is -2.33. The van der Waals surface area contributed by atoms with Crippen molar-refractivity contribution in [1.29, 1.82) is 0 Å². The summed E-state index contributed by atoms with van der Waals surface area (Å²) in [6.45, 7) is 3.22. The molecule has 1 atom stereocenters. The van der Waals surface area contributed by atoms with Crippen molar-refractivity contribution in [3.63, 3.8) is 0 Å². The monoisotopic (exact) mass is 263 g/mol. The second kappa shape index (κ2) is 6.06. The minimum Gasteiger partial charge on any atom is -0.496 e. The number of aliphatic hydroxyl groups excluding tert-OH is 1. The Hall–Kier alpha value is -1.55. The van der Waals surface area contributed by atoms with Crippen LogP contribution in [0.25, 0.3) is 0 Å². The van der Waals surface area contributed by atoms with Crippen LogP contribution in [0, 0.1) is 5.92 Å². The number of piperidine rings is 1. The Bertz CT molecular complexity index is 437. The maximum absolute atomic E-state index is 12.4. The molecule has 4 heteroatoms. The third kappa shape index (κ3) is 3.07. The zero-order valence-corrected chi connectivity index (χ0v) is 11.5. The van der Waals surface area contributed by atoms with Gasteiger partial charge in [-0.3, -0.25) is 4.79 Å². The average Bonchev–Trinajstić information content (AvgIpc) is 2.46. The van der Waals surface area contributed by atoms with Gasteiger partial charge in [-0.2, -0.15) is 0 Å². The Kier molecular flexibility index (Phi) is 4.43. The SMILES string of the molecule is COc1ccccc1C(=O)N1CCC(C(C)O)CC1. The summed E-state index contributed by atoms with van der Waals surface area (Å²) in [5.74, 6) is 0.938. The highest BCUT2D eigenvalue weighted by Gasteiger charge is 2.27. The number of aliphatic hydroxyl groups is 1. The molecular formula is C15H21NO3. The number of para-hydroxylation sites is 1. The molecule has 0 aromatic heterocycles. The normalized spacial score (nSPS) is 18.2. The molecule has 1 aromatic carbocycles.